The number of carbonyl (C=O) groups is 2. The molecule has 0 aliphatic rings. The Morgan fingerprint density at radius 2 is 1.44 bits per heavy atom. The number of amides is 2. The molecule has 0 radical (unpaired) electrons. The van der Waals surface area contributed by atoms with E-state index in [0.717, 1.165) is 33.5 Å². The van der Waals surface area contributed by atoms with E-state index in [1.165, 1.54) is 5.56 Å². The first kappa shape index (κ1) is 20.4. The van der Waals surface area contributed by atoms with E-state index >= 15 is 0 Å². The summed E-state index contributed by atoms with van der Waals surface area (Å²) in [5, 5.41) is 6.86. The maximum Gasteiger partial charge on any atom is 0.240 e. The number of nitrogens with zero attached hydrogens (tertiary/aromatic N) is 1. The molecule has 0 fully saturated rings. The molecule has 0 heterocycles. The molecule has 0 saturated carbocycles. The van der Waals surface area contributed by atoms with Crippen molar-refractivity contribution in [3.8, 4) is 0 Å². The number of carbonyl (C=O) groups excluding carboxylic acids is 2. The predicted octanol–water partition coefficient (Wildman–Crippen LogP) is 4.10. The van der Waals surface area contributed by atoms with E-state index in [9.17, 15) is 9.59 Å². The molecule has 2 aromatic rings. The van der Waals surface area contributed by atoms with Crippen LogP contribution in [0, 0.1) is 34.6 Å². The van der Waals surface area contributed by atoms with Crippen molar-refractivity contribution in [3.63, 3.8) is 0 Å². The Morgan fingerprint density at radius 1 is 0.852 bits per heavy atom. The normalized spacial score (nSPS) is 10.9. The van der Waals surface area contributed by atoms with Crippen molar-refractivity contribution in [1.29, 1.82) is 0 Å². The van der Waals surface area contributed by atoms with E-state index in [1.807, 2.05) is 52.8 Å². The van der Waals surface area contributed by atoms with Crippen molar-refractivity contribution in [3.05, 3.63) is 63.7 Å². The van der Waals surface area contributed by atoms with Crippen LogP contribution in [0.2, 0.25) is 0 Å². The molecule has 2 N–H and O–H groups in total. The number of rotatable bonds is 6. The van der Waals surface area contributed by atoms with Crippen LogP contribution in [0.4, 0.5) is 5.69 Å². The van der Waals surface area contributed by atoms with E-state index in [-0.39, 0.29) is 24.7 Å². The molecular formula is C22H27N3O2. The molecule has 5 heteroatoms. The molecule has 5 nitrogen and oxygen atoms in total. The Bertz CT molecular complexity index is 862. The van der Waals surface area contributed by atoms with Crippen LogP contribution in [0.3, 0.4) is 0 Å². The van der Waals surface area contributed by atoms with Gasteiger partial charge in [0.15, 0.2) is 0 Å². The largest absolute Gasteiger partial charge is 0.326 e. The fourth-order valence-corrected chi connectivity index (χ4v) is 3.01. The molecule has 142 valence electrons. The summed E-state index contributed by atoms with van der Waals surface area (Å²) < 4.78 is 0. The lowest BCUT2D eigenvalue weighted by Crippen LogP contribution is -2.21. The van der Waals surface area contributed by atoms with Gasteiger partial charge in [-0.1, -0.05) is 35.4 Å². The van der Waals surface area contributed by atoms with Gasteiger partial charge < -0.3 is 5.32 Å². The zero-order valence-electron chi connectivity index (χ0n) is 16.6. The second-order valence-electron chi connectivity index (χ2n) is 6.97. The Morgan fingerprint density at radius 3 is 2.07 bits per heavy atom. The summed E-state index contributed by atoms with van der Waals surface area (Å²) in [6.45, 7) is 10.0. The number of anilines is 1. The molecule has 0 saturated heterocycles. The molecule has 0 aliphatic heterocycles. The number of aryl methyl sites for hydroxylation is 5. The maximum absolute atomic E-state index is 12.0. The smallest absolute Gasteiger partial charge is 0.240 e. The van der Waals surface area contributed by atoms with Gasteiger partial charge in [0.2, 0.25) is 11.8 Å². The topological polar surface area (TPSA) is 70.6 Å². The number of nitrogens with one attached hydrogen (secondary N) is 2. The van der Waals surface area contributed by atoms with Crippen molar-refractivity contribution in [1.82, 2.24) is 5.43 Å². The highest BCUT2D eigenvalue weighted by atomic mass is 16.2. The van der Waals surface area contributed by atoms with Gasteiger partial charge in [-0.25, -0.2) is 5.43 Å². The van der Waals surface area contributed by atoms with Gasteiger partial charge in [0.25, 0.3) is 0 Å². The summed E-state index contributed by atoms with van der Waals surface area (Å²) in [7, 11) is 0. The second kappa shape index (κ2) is 9.12. The van der Waals surface area contributed by atoms with Crippen LogP contribution in [0.15, 0.2) is 35.4 Å². The minimum absolute atomic E-state index is 0.0833. The van der Waals surface area contributed by atoms with E-state index in [1.54, 1.807) is 6.21 Å². The summed E-state index contributed by atoms with van der Waals surface area (Å²) in [6.07, 6.45) is 1.84. The Hall–Kier alpha value is -2.95. The molecule has 27 heavy (non-hydrogen) atoms. The van der Waals surface area contributed by atoms with Crippen LogP contribution in [0.1, 0.15) is 46.2 Å². The first-order valence-electron chi connectivity index (χ1n) is 9.03. The van der Waals surface area contributed by atoms with Gasteiger partial charge in [0.05, 0.1) is 6.21 Å². The van der Waals surface area contributed by atoms with Crippen LogP contribution in [-0.4, -0.2) is 18.0 Å². The van der Waals surface area contributed by atoms with Crippen LogP contribution in [0.5, 0.6) is 0 Å². The van der Waals surface area contributed by atoms with Gasteiger partial charge in [0, 0.05) is 24.1 Å². The molecule has 0 aliphatic carbocycles. The van der Waals surface area contributed by atoms with Gasteiger partial charge in [-0.15, -0.1) is 0 Å². The molecule has 0 atom stereocenters. The van der Waals surface area contributed by atoms with Crippen molar-refractivity contribution in [2.45, 2.75) is 47.5 Å². The molecular weight excluding hydrogens is 338 g/mol. The summed E-state index contributed by atoms with van der Waals surface area (Å²) in [5.41, 5.74) is 9.81. The average Bonchev–Trinajstić information content (AvgIpc) is 2.58. The minimum atomic E-state index is -0.288. The monoisotopic (exact) mass is 365 g/mol. The van der Waals surface area contributed by atoms with Crippen LogP contribution >= 0.6 is 0 Å². The summed E-state index contributed by atoms with van der Waals surface area (Å²) in [5.74, 6) is -0.476. The van der Waals surface area contributed by atoms with Crippen LogP contribution in [0.25, 0.3) is 0 Å². The predicted molar refractivity (Wildman–Crippen MR) is 110 cm³/mol. The van der Waals surface area contributed by atoms with Gasteiger partial charge in [-0.2, -0.15) is 5.10 Å². The van der Waals surface area contributed by atoms with Crippen molar-refractivity contribution < 1.29 is 9.59 Å². The standard InChI is InChI=1S/C22H27N3O2/c1-14-6-7-20(18(5)10-14)24-21(26)8-9-22(27)25-23-13-19-16(3)11-15(2)12-17(19)4/h6-7,10-13H,8-9H2,1-5H3,(H,24,26)(H,25,27). The molecule has 2 rings (SSSR count). The van der Waals surface area contributed by atoms with Crippen LogP contribution < -0.4 is 10.7 Å². The maximum atomic E-state index is 12.0. The van der Waals surface area contributed by atoms with Crippen LogP contribution in [-0.2, 0) is 9.59 Å². The first-order chi connectivity index (χ1) is 12.8. The fraction of sp³-hybridized carbons (Fsp3) is 0.318. The lowest BCUT2D eigenvalue weighted by molar-refractivity contribution is -0.124. The SMILES string of the molecule is Cc1ccc(NC(=O)CCC(=O)NN=Cc2c(C)cc(C)cc2C)c(C)c1. The third-order valence-electron chi connectivity index (χ3n) is 4.36. The Balaban J connectivity index is 1.83. The van der Waals surface area contributed by atoms with Crippen molar-refractivity contribution in [2.75, 3.05) is 5.32 Å². The zero-order valence-corrected chi connectivity index (χ0v) is 16.6. The molecule has 0 unspecified atom stereocenters. The molecule has 2 amide bonds. The fourth-order valence-electron chi connectivity index (χ4n) is 3.01. The summed E-state index contributed by atoms with van der Waals surface area (Å²) in [4.78, 5) is 24.0. The Labute approximate surface area is 160 Å². The number of hydrazone groups is 1. The highest BCUT2D eigenvalue weighted by Gasteiger charge is 2.08. The van der Waals surface area contributed by atoms with Gasteiger partial charge in [-0.3, -0.25) is 9.59 Å². The third kappa shape index (κ3) is 6.06. The van der Waals surface area contributed by atoms with E-state index < -0.39 is 0 Å². The molecule has 0 spiro atoms. The quantitative estimate of drug-likeness (QED) is 0.598. The zero-order chi connectivity index (χ0) is 20.0. The highest BCUT2D eigenvalue weighted by molar-refractivity contribution is 5.94. The second-order valence-corrected chi connectivity index (χ2v) is 6.97. The van der Waals surface area contributed by atoms with Gasteiger partial charge in [0.1, 0.15) is 0 Å². The number of benzene rings is 2. The lowest BCUT2D eigenvalue weighted by atomic mass is 10.0. The minimum Gasteiger partial charge on any atom is -0.326 e. The average molecular weight is 365 g/mol. The van der Waals surface area contributed by atoms with Gasteiger partial charge in [-0.05, 0) is 57.4 Å². The van der Waals surface area contributed by atoms with Crippen molar-refractivity contribution >= 4 is 23.7 Å². The molecule has 0 aromatic heterocycles. The van der Waals surface area contributed by atoms with E-state index in [4.69, 9.17) is 0 Å². The molecule has 2 aromatic carbocycles. The summed E-state index contributed by atoms with van der Waals surface area (Å²) >= 11 is 0. The van der Waals surface area contributed by atoms with E-state index in [0.29, 0.717) is 0 Å². The van der Waals surface area contributed by atoms with Gasteiger partial charge >= 0.3 is 0 Å². The first-order valence-corrected chi connectivity index (χ1v) is 9.03. The highest BCUT2D eigenvalue weighted by Crippen LogP contribution is 2.16. The lowest BCUT2D eigenvalue weighted by Gasteiger charge is -2.09. The Kier molecular flexibility index (Phi) is 6.88. The third-order valence-corrected chi connectivity index (χ3v) is 4.36. The van der Waals surface area contributed by atoms with E-state index in [2.05, 4.69) is 28.0 Å². The molecule has 0 bridgehead atoms. The number of hydrogen-bond donors (Lipinski definition) is 2. The number of hydrogen-bond acceptors (Lipinski definition) is 3. The van der Waals surface area contributed by atoms with Crippen molar-refractivity contribution in [2.24, 2.45) is 5.10 Å². The summed E-state index contributed by atoms with van der Waals surface area (Å²) in [6, 6.07) is 9.98.